The Kier molecular flexibility index (Phi) is 12.6. The number of aromatic nitrogens is 1. The van der Waals surface area contributed by atoms with E-state index < -0.39 is 23.2 Å². The van der Waals surface area contributed by atoms with Crippen LogP contribution in [-0.2, 0) is 20.8 Å². The molecule has 200 valence electrons. The molecule has 2 aromatic rings. The van der Waals surface area contributed by atoms with E-state index in [4.69, 9.17) is 0 Å². The SMILES string of the molecule is CNC(=O)[C@H](Cc1ccccc1)NC(=O)[C@H](CC(C)C)NC(=O)C(S)CCCNC(=O)c1ccccn1. The summed E-state index contributed by atoms with van der Waals surface area (Å²) in [5, 5.41) is 10.3. The van der Waals surface area contributed by atoms with Crippen LogP contribution in [0.3, 0.4) is 0 Å². The zero-order chi connectivity index (χ0) is 27.2. The van der Waals surface area contributed by atoms with Crippen molar-refractivity contribution < 1.29 is 19.2 Å². The average molecular weight is 528 g/mol. The number of hydrogen-bond acceptors (Lipinski definition) is 6. The van der Waals surface area contributed by atoms with Crippen LogP contribution in [0.2, 0.25) is 0 Å². The normalized spacial score (nSPS) is 13.2. The molecule has 0 radical (unpaired) electrons. The van der Waals surface area contributed by atoms with Gasteiger partial charge in [0, 0.05) is 26.2 Å². The Labute approximate surface area is 224 Å². The lowest BCUT2D eigenvalue weighted by Crippen LogP contribution is -2.55. The predicted molar refractivity (Wildman–Crippen MR) is 146 cm³/mol. The summed E-state index contributed by atoms with van der Waals surface area (Å²) in [5.41, 5.74) is 1.24. The number of nitrogens with zero attached hydrogens (tertiary/aromatic N) is 1. The number of pyridine rings is 1. The number of amides is 4. The molecule has 0 spiro atoms. The number of likely N-dealkylation sites (N-methyl/N-ethyl adjacent to an activating group) is 1. The number of carbonyl (C=O) groups is 4. The zero-order valence-corrected chi connectivity index (χ0v) is 22.5. The molecule has 1 aromatic carbocycles. The fourth-order valence-corrected chi connectivity index (χ4v) is 3.95. The van der Waals surface area contributed by atoms with Gasteiger partial charge in [-0.1, -0.05) is 50.2 Å². The molecule has 0 saturated heterocycles. The highest BCUT2D eigenvalue weighted by Gasteiger charge is 2.28. The summed E-state index contributed by atoms with van der Waals surface area (Å²) in [5.74, 6) is -1.26. The average Bonchev–Trinajstić information content (AvgIpc) is 2.90. The third kappa shape index (κ3) is 10.6. The van der Waals surface area contributed by atoms with Gasteiger partial charge in [0.05, 0.1) is 5.25 Å². The topological polar surface area (TPSA) is 129 Å². The molecule has 0 saturated carbocycles. The third-order valence-corrected chi connectivity index (χ3v) is 6.13. The molecule has 0 fully saturated rings. The number of benzene rings is 1. The molecule has 9 nitrogen and oxygen atoms in total. The van der Waals surface area contributed by atoms with Crippen LogP contribution in [0.1, 0.15) is 49.2 Å². The zero-order valence-electron chi connectivity index (χ0n) is 21.6. The number of thiol groups is 1. The quantitative estimate of drug-likeness (QED) is 0.189. The van der Waals surface area contributed by atoms with Gasteiger partial charge in [0.15, 0.2) is 0 Å². The van der Waals surface area contributed by atoms with Crippen molar-refractivity contribution in [1.82, 2.24) is 26.3 Å². The summed E-state index contributed by atoms with van der Waals surface area (Å²) >= 11 is 4.40. The summed E-state index contributed by atoms with van der Waals surface area (Å²) in [6, 6.07) is 12.9. The van der Waals surface area contributed by atoms with Crippen LogP contribution < -0.4 is 21.3 Å². The van der Waals surface area contributed by atoms with Crippen molar-refractivity contribution in [3.8, 4) is 0 Å². The molecule has 0 aliphatic carbocycles. The second kappa shape index (κ2) is 15.7. The second-order valence-electron chi connectivity index (χ2n) is 9.18. The van der Waals surface area contributed by atoms with Gasteiger partial charge in [0.1, 0.15) is 17.8 Å². The van der Waals surface area contributed by atoms with Crippen molar-refractivity contribution in [2.75, 3.05) is 13.6 Å². The van der Waals surface area contributed by atoms with Gasteiger partial charge in [0.2, 0.25) is 17.7 Å². The van der Waals surface area contributed by atoms with Crippen LogP contribution in [0.15, 0.2) is 54.7 Å². The molecule has 1 heterocycles. The molecule has 0 bridgehead atoms. The fraction of sp³-hybridized carbons (Fsp3) is 0.444. The monoisotopic (exact) mass is 527 g/mol. The van der Waals surface area contributed by atoms with Crippen LogP contribution in [0.4, 0.5) is 0 Å². The molecule has 4 N–H and O–H groups in total. The van der Waals surface area contributed by atoms with Crippen molar-refractivity contribution in [3.05, 3.63) is 66.0 Å². The van der Waals surface area contributed by atoms with Gasteiger partial charge >= 0.3 is 0 Å². The maximum Gasteiger partial charge on any atom is 0.269 e. The van der Waals surface area contributed by atoms with Gasteiger partial charge in [0.25, 0.3) is 5.91 Å². The van der Waals surface area contributed by atoms with Crippen LogP contribution in [0.25, 0.3) is 0 Å². The summed E-state index contributed by atoms with van der Waals surface area (Å²) < 4.78 is 0. The molecule has 37 heavy (non-hydrogen) atoms. The second-order valence-corrected chi connectivity index (χ2v) is 9.81. The molecule has 2 rings (SSSR count). The van der Waals surface area contributed by atoms with Gasteiger partial charge in [-0.3, -0.25) is 24.2 Å². The first-order valence-electron chi connectivity index (χ1n) is 12.4. The molecule has 1 aromatic heterocycles. The first kappa shape index (κ1) is 29.8. The Balaban J connectivity index is 1.91. The maximum absolute atomic E-state index is 13.1. The summed E-state index contributed by atoms with van der Waals surface area (Å²) in [6.45, 7) is 4.27. The van der Waals surface area contributed by atoms with E-state index in [2.05, 4.69) is 38.9 Å². The lowest BCUT2D eigenvalue weighted by Gasteiger charge is -2.25. The highest BCUT2D eigenvalue weighted by Crippen LogP contribution is 2.11. The van der Waals surface area contributed by atoms with E-state index in [1.54, 1.807) is 24.4 Å². The molecular weight excluding hydrogens is 490 g/mol. The summed E-state index contributed by atoms with van der Waals surface area (Å²) in [4.78, 5) is 54.5. The minimum absolute atomic E-state index is 0.129. The highest BCUT2D eigenvalue weighted by atomic mass is 32.1. The first-order chi connectivity index (χ1) is 17.7. The lowest BCUT2D eigenvalue weighted by atomic mass is 10.0. The van der Waals surface area contributed by atoms with Crippen molar-refractivity contribution in [1.29, 1.82) is 0 Å². The van der Waals surface area contributed by atoms with Gasteiger partial charge in [-0.05, 0) is 42.9 Å². The third-order valence-electron chi connectivity index (χ3n) is 5.64. The van der Waals surface area contributed by atoms with E-state index in [0.29, 0.717) is 37.9 Å². The first-order valence-corrected chi connectivity index (χ1v) is 13.0. The van der Waals surface area contributed by atoms with Crippen LogP contribution >= 0.6 is 12.6 Å². The number of hydrogen-bond donors (Lipinski definition) is 5. The molecule has 10 heteroatoms. The lowest BCUT2D eigenvalue weighted by molar-refractivity contribution is -0.132. The predicted octanol–water partition coefficient (Wildman–Crippen LogP) is 1.89. The summed E-state index contributed by atoms with van der Waals surface area (Å²) in [7, 11) is 1.52. The number of nitrogens with one attached hydrogen (secondary N) is 4. The molecule has 0 aliphatic heterocycles. The minimum Gasteiger partial charge on any atom is -0.357 e. The number of rotatable bonds is 14. The van der Waals surface area contributed by atoms with E-state index >= 15 is 0 Å². The van der Waals surface area contributed by atoms with Gasteiger partial charge in [-0.2, -0.15) is 12.6 Å². The summed E-state index contributed by atoms with van der Waals surface area (Å²) in [6.07, 6.45) is 3.21. The van der Waals surface area contributed by atoms with Crippen molar-refractivity contribution >= 4 is 36.3 Å². The van der Waals surface area contributed by atoms with Crippen molar-refractivity contribution in [2.45, 2.75) is 56.9 Å². The van der Waals surface area contributed by atoms with Crippen molar-refractivity contribution in [3.63, 3.8) is 0 Å². The standard InChI is InChI=1S/C27H37N5O4S/c1-18(2)16-21(26(35)31-22(24(33)28-3)17-19-10-5-4-6-11-19)32-27(36)23(37)13-9-15-30-25(34)20-12-7-8-14-29-20/h4-8,10-12,14,18,21-23,37H,9,13,15-17H2,1-3H3,(H,28,33)(H,30,34)(H,31,35)(H,32,36)/t21-,22-,23?/m0/s1. The van der Waals surface area contributed by atoms with Crippen molar-refractivity contribution in [2.24, 2.45) is 5.92 Å². The van der Waals surface area contributed by atoms with Crippen LogP contribution in [-0.4, -0.2) is 59.5 Å². The largest absolute Gasteiger partial charge is 0.357 e. The highest BCUT2D eigenvalue weighted by molar-refractivity contribution is 7.81. The van der Waals surface area contributed by atoms with E-state index in [1.807, 2.05) is 44.2 Å². The van der Waals surface area contributed by atoms with Gasteiger partial charge in [-0.15, -0.1) is 0 Å². The Morgan fingerprint density at radius 1 is 0.892 bits per heavy atom. The minimum atomic E-state index is -0.811. The van der Waals surface area contributed by atoms with E-state index in [1.165, 1.54) is 7.05 Å². The van der Waals surface area contributed by atoms with Crippen LogP contribution in [0, 0.1) is 5.92 Å². The van der Waals surface area contributed by atoms with Crippen LogP contribution in [0.5, 0.6) is 0 Å². The van der Waals surface area contributed by atoms with E-state index in [-0.39, 0.29) is 23.6 Å². The molecule has 4 amide bonds. The van der Waals surface area contributed by atoms with E-state index in [9.17, 15) is 19.2 Å². The van der Waals surface area contributed by atoms with Gasteiger partial charge in [-0.25, -0.2) is 0 Å². The molecular formula is C27H37N5O4S. The van der Waals surface area contributed by atoms with Gasteiger partial charge < -0.3 is 21.3 Å². The Morgan fingerprint density at radius 3 is 2.19 bits per heavy atom. The number of carbonyl (C=O) groups excluding carboxylic acids is 4. The Bertz CT molecular complexity index is 1020. The molecule has 1 unspecified atom stereocenters. The maximum atomic E-state index is 13.1. The molecule has 3 atom stereocenters. The Hall–Kier alpha value is -3.40. The molecule has 0 aliphatic rings. The smallest absolute Gasteiger partial charge is 0.269 e. The fourth-order valence-electron chi connectivity index (χ4n) is 3.69. The van der Waals surface area contributed by atoms with E-state index in [0.717, 1.165) is 5.56 Å². The Morgan fingerprint density at radius 2 is 1.57 bits per heavy atom.